The van der Waals surface area contributed by atoms with Crippen LogP contribution in [-0.4, -0.2) is 11.9 Å². The van der Waals surface area contributed by atoms with Crippen molar-refractivity contribution in [2.24, 2.45) is 0 Å². The van der Waals surface area contributed by atoms with Crippen molar-refractivity contribution in [3.63, 3.8) is 0 Å². The molecule has 55 heavy (non-hydrogen) atoms. The highest BCUT2D eigenvalue weighted by Crippen LogP contribution is 2.30. The molecule has 0 fully saturated rings. The Morgan fingerprint density at radius 2 is 0.873 bits per heavy atom. The highest BCUT2D eigenvalue weighted by Gasteiger charge is 2.10. The van der Waals surface area contributed by atoms with Gasteiger partial charge in [-0.25, -0.2) is 0 Å². The zero-order valence-corrected chi connectivity index (χ0v) is 37.2. The van der Waals surface area contributed by atoms with Gasteiger partial charge in [0.05, 0.1) is 13.2 Å². The van der Waals surface area contributed by atoms with E-state index in [2.05, 4.69) is 166 Å². The van der Waals surface area contributed by atoms with Crippen molar-refractivity contribution in [3.05, 3.63) is 159 Å². The molecule has 2 heteroatoms. The second-order valence-electron chi connectivity index (χ2n) is 16.0. The standard InChI is InChI=1S/C53H76OS/c1-43(2)22-16-23-44(3)24-17-25-45(4)26-18-27-46(5)28-19-29-47(6)30-20-32-49(8)40-53(55-52-36-14-11-15-37-52)41-50(9)33-21-31-48(7)38-39-54-42-51-34-12-10-13-35-51/h10-15,22,24,26,28,30,33-38,40,53H,16-21,23,25,27,29,31-32,39,41-42H2,1-9H3/b44-24+,45-26+,46-28+,47-30+,48-38+,49-40+,50-33+. The third-order valence-corrected chi connectivity index (χ3v) is 11.1. The van der Waals surface area contributed by atoms with Crippen molar-refractivity contribution >= 4 is 11.8 Å². The summed E-state index contributed by atoms with van der Waals surface area (Å²) in [5.74, 6) is 0. The minimum absolute atomic E-state index is 0.433. The van der Waals surface area contributed by atoms with Crippen molar-refractivity contribution in [2.45, 2.75) is 163 Å². The number of hydrogen-bond donors (Lipinski definition) is 0. The van der Waals surface area contributed by atoms with Gasteiger partial charge in [0.2, 0.25) is 0 Å². The second kappa shape index (κ2) is 29.9. The molecule has 0 heterocycles. The molecule has 0 radical (unpaired) electrons. The van der Waals surface area contributed by atoms with Gasteiger partial charge >= 0.3 is 0 Å². The molecule has 0 saturated carbocycles. The molecule has 0 bridgehead atoms. The summed E-state index contributed by atoms with van der Waals surface area (Å²) in [5.41, 5.74) is 13.1. The summed E-state index contributed by atoms with van der Waals surface area (Å²) in [5, 5.41) is 0.433. The molecule has 0 aromatic heterocycles. The summed E-state index contributed by atoms with van der Waals surface area (Å²) in [7, 11) is 0. The summed E-state index contributed by atoms with van der Waals surface area (Å²) >= 11 is 1.99. The van der Waals surface area contributed by atoms with E-state index in [1.54, 1.807) is 0 Å². The SMILES string of the molecule is CC(C)=CCC/C(C)=C/CC/C(C)=C/CC/C(C)=C/CC/C(C)=C/CC/C(C)=C/C(C/C(C)=C/CC/C(C)=C/COCc1ccccc1)Sc1ccccc1. The van der Waals surface area contributed by atoms with Crippen molar-refractivity contribution in [1.29, 1.82) is 0 Å². The molecule has 0 aliphatic heterocycles. The van der Waals surface area contributed by atoms with Gasteiger partial charge in [-0.05, 0) is 163 Å². The Labute approximate surface area is 343 Å². The zero-order valence-electron chi connectivity index (χ0n) is 36.4. The average Bonchev–Trinajstić information content (AvgIpc) is 3.14. The van der Waals surface area contributed by atoms with Gasteiger partial charge in [-0.2, -0.15) is 0 Å². The fourth-order valence-electron chi connectivity index (χ4n) is 6.39. The van der Waals surface area contributed by atoms with E-state index in [0.717, 1.165) is 57.8 Å². The molecular weight excluding hydrogens is 685 g/mol. The fraction of sp³-hybridized carbons (Fsp3) is 0.472. The zero-order chi connectivity index (χ0) is 40.1. The summed E-state index contributed by atoms with van der Waals surface area (Å²) in [6.07, 6.45) is 34.1. The molecular formula is C53H76OS. The lowest BCUT2D eigenvalue weighted by atomic mass is 10.0. The van der Waals surface area contributed by atoms with Crippen LogP contribution < -0.4 is 0 Å². The highest BCUT2D eigenvalue weighted by molar-refractivity contribution is 8.00. The number of ether oxygens (including phenoxy) is 1. The van der Waals surface area contributed by atoms with Crippen LogP contribution in [0.1, 0.15) is 151 Å². The predicted molar refractivity (Wildman–Crippen MR) is 248 cm³/mol. The van der Waals surface area contributed by atoms with Crippen LogP contribution in [-0.2, 0) is 11.3 Å². The highest BCUT2D eigenvalue weighted by atomic mass is 32.2. The molecule has 2 rings (SSSR count). The van der Waals surface area contributed by atoms with E-state index in [0.29, 0.717) is 18.5 Å². The van der Waals surface area contributed by atoms with E-state index in [1.165, 1.54) is 80.7 Å². The van der Waals surface area contributed by atoms with Crippen LogP contribution in [0, 0.1) is 0 Å². The van der Waals surface area contributed by atoms with E-state index in [9.17, 15) is 0 Å². The number of hydrogen-bond acceptors (Lipinski definition) is 2. The summed E-state index contributed by atoms with van der Waals surface area (Å²) in [6, 6.07) is 21.3. The number of benzene rings is 2. The van der Waals surface area contributed by atoms with Gasteiger partial charge in [0.15, 0.2) is 0 Å². The lowest BCUT2D eigenvalue weighted by Gasteiger charge is -2.15. The first-order valence-electron chi connectivity index (χ1n) is 21.1. The average molecular weight is 761 g/mol. The molecule has 0 aliphatic carbocycles. The Morgan fingerprint density at radius 1 is 0.473 bits per heavy atom. The van der Waals surface area contributed by atoms with E-state index < -0.39 is 0 Å². The minimum Gasteiger partial charge on any atom is -0.373 e. The summed E-state index contributed by atoms with van der Waals surface area (Å²) in [6.45, 7) is 21.7. The smallest absolute Gasteiger partial charge is 0.0721 e. The Balaban J connectivity index is 1.77. The number of thioether (sulfide) groups is 1. The normalized spacial score (nSPS) is 14.4. The van der Waals surface area contributed by atoms with E-state index in [1.807, 2.05) is 17.8 Å². The first kappa shape index (κ1) is 47.8. The molecule has 0 N–H and O–H groups in total. The molecule has 0 aliphatic rings. The van der Waals surface area contributed by atoms with Crippen molar-refractivity contribution in [3.8, 4) is 0 Å². The topological polar surface area (TPSA) is 9.23 Å². The van der Waals surface area contributed by atoms with E-state index >= 15 is 0 Å². The van der Waals surface area contributed by atoms with Crippen LogP contribution in [0.3, 0.4) is 0 Å². The molecule has 1 atom stereocenters. The van der Waals surface area contributed by atoms with Crippen molar-refractivity contribution in [2.75, 3.05) is 6.61 Å². The van der Waals surface area contributed by atoms with Gasteiger partial charge < -0.3 is 4.74 Å². The maximum absolute atomic E-state index is 5.86. The Hall–Kier alpha value is -3.33. The van der Waals surface area contributed by atoms with Gasteiger partial charge in [0, 0.05) is 10.1 Å². The molecule has 2 aromatic carbocycles. The molecule has 300 valence electrons. The number of allylic oxidation sites excluding steroid dienone is 14. The first-order chi connectivity index (χ1) is 26.5. The lowest BCUT2D eigenvalue weighted by molar-refractivity contribution is 0.148. The largest absolute Gasteiger partial charge is 0.373 e. The van der Waals surface area contributed by atoms with Crippen LogP contribution in [0.4, 0.5) is 0 Å². The van der Waals surface area contributed by atoms with E-state index in [-0.39, 0.29) is 0 Å². The lowest BCUT2D eigenvalue weighted by Crippen LogP contribution is -2.01. The Morgan fingerprint density at radius 3 is 1.35 bits per heavy atom. The molecule has 0 amide bonds. The quantitative estimate of drug-likeness (QED) is 0.0509. The monoisotopic (exact) mass is 761 g/mol. The third kappa shape index (κ3) is 26.2. The van der Waals surface area contributed by atoms with Gasteiger partial charge in [-0.1, -0.05) is 142 Å². The third-order valence-electron chi connectivity index (χ3n) is 9.93. The van der Waals surface area contributed by atoms with Crippen LogP contribution in [0.5, 0.6) is 0 Å². The van der Waals surface area contributed by atoms with Gasteiger partial charge in [-0.15, -0.1) is 11.8 Å². The summed E-state index contributed by atoms with van der Waals surface area (Å²) < 4.78 is 5.86. The molecule has 1 unspecified atom stereocenters. The van der Waals surface area contributed by atoms with Gasteiger partial charge in [-0.3, -0.25) is 0 Å². The molecule has 2 aromatic rings. The van der Waals surface area contributed by atoms with Gasteiger partial charge in [0.1, 0.15) is 0 Å². The maximum atomic E-state index is 5.86. The van der Waals surface area contributed by atoms with E-state index in [4.69, 9.17) is 4.74 Å². The van der Waals surface area contributed by atoms with Crippen LogP contribution >= 0.6 is 11.8 Å². The van der Waals surface area contributed by atoms with Crippen LogP contribution in [0.15, 0.2) is 159 Å². The Bertz CT molecular complexity index is 1590. The molecule has 0 saturated heterocycles. The Kier molecular flexibility index (Phi) is 26.0. The predicted octanol–water partition coefficient (Wildman–Crippen LogP) is 17.0. The second-order valence-corrected chi connectivity index (χ2v) is 17.3. The molecule has 0 spiro atoms. The van der Waals surface area contributed by atoms with Gasteiger partial charge in [0.25, 0.3) is 0 Å². The van der Waals surface area contributed by atoms with Crippen molar-refractivity contribution in [1.82, 2.24) is 0 Å². The summed E-state index contributed by atoms with van der Waals surface area (Å²) in [4.78, 5) is 1.34. The van der Waals surface area contributed by atoms with Crippen molar-refractivity contribution < 1.29 is 4.74 Å². The number of rotatable bonds is 27. The minimum atomic E-state index is 0.433. The first-order valence-corrected chi connectivity index (χ1v) is 22.0. The fourth-order valence-corrected chi connectivity index (χ4v) is 7.70. The maximum Gasteiger partial charge on any atom is 0.0721 e. The van der Waals surface area contributed by atoms with Crippen LogP contribution in [0.25, 0.3) is 0 Å². The van der Waals surface area contributed by atoms with Crippen LogP contribution in [0.2, 0.25) is 0 Å². The molecule has 1 nitrogen and oxygen atoms in total.